The number of amides is 2. The summed E-state index contributed by atoms with van der Waals surface area (Å²) in [6.45, 7) is 7.77. The van der Waals surface area contributed by atoms with Crippen molar-refractivity contribution in [1.29, 1.82) is 0 Å². The normalized spacial score (nSPS) is 11.9. The lowest BCUT2D eigenvalue weighted by Crippen LogP contribution is -2.51. The maximum Gasteiger partial charge on any atom is 0.243 e. The monoisotopic (exact) mass is 444 g/mol. The molecule has 0 spiro atoms. The smallest absolute Gasteiger partial charge is 0.243 e. The molecule has 2 amide bonds. The van der Waals surface area contributed by atoms with E-state index in [1.807, 2.05) is 63.2 Å². The van der Waals surface area contributed by atoms with E-state index in [4.69, 9.17) is 16.3 Å². The summed E-state index contributed by atoms with van der Waals surface area (Å²) in [6.07, 6.45) is 1.18. The molecule has 0 saturated carbocycles. The first-order valence-corrected chi connectivity index (χ1v) is 11.2. The first-order valence-electron chi connectivity index (χ1n) is 10.9. The van der Waals surface area contributed by atoms with E-state index in [9.17, 15) is 9.59 Å². The standard InChI is InChI=1S/C25H33ClN2O3/c1-4-31-16-8-15-27-24(29)23(17-20-9-6-5-7-10-20)28(25(30)19(2)3)18-21-11-13-22(26)14-12-21/h5-7,9-14,19,23H,4,8,15-18H2,1-3H3,(H,27,29)/t23-/m1/s1. The van der Waals surface area contributed by atoms with Crippen LogP contribution >= 0.6 is 11.6 Å². The van der Waals surface area contributed by atoms with Crippen LogP contribution in [0.5, 0.6) is 0 Å². The first-order chi connectivity index (χ1) is 14.9. The van der Waals surface area contributed by atoms with Gasteiger partial charge in [0.1, 0.15) is 6.04 Å². The van der Waals surface area contributed by atoms with Crippen molar-refractivity contribution in [3.05, 3.63) is 70.7 Å². The van der Waals surface area contributed by atoms with Gasteiger partial charge in [0.25, 0.3) is 0 Å². The fraction of sp³-hybridized carbons (Fsp3) is 0.440. The van der Waals surface area contributed by atoms with Gasteiger partial charge in [-0.3, -0.25) is 9.59 Å². The Morgan fingerprint density at radius 1 is 1.03 bits per heavy atom. The summed E-state index contributed by atoms with van der Waals surface area (Å²) in [7, 11) is 0. The predicted octanol–water partition coefficient (Wildman–Crippen LogP) is 4.48. The molecule has 1 N–H and O–H groups in total. The average Bonchev–Trinajstić information content (AvgIpc) is 2.77. The van der Waals surface area contributed by atoms with Gasteiger partial charge in [-0.05, 0) is 36.6 Å². The van der Waals surface area contributed by atoms with Crippen LogP contribution in [-0.2, 0) is 27.3 Å². The number of nitrogens with one attached hydrogen (secondary N) is 1. The number of carbonyl (C=O) groups excluding carboxylic acids is 2. The number of nitrogens with zero attached hydrogens (tertiary/aromatic N) is 1. The van der Waals surface area contributed by atoms with E-state index in [2.05, 4.69) is 5.32 Å². The third-order valence-electron chi connectivity index (χ3n) is 4.96. The van der Waals surface area contributed by atoms with Gasteiger partial charge < -0.3 is 15.0 Å². The minimum atomic E-state index is -0.611. The highest BCUT2D eigenvalue weighted by atomic mass is 35.5. The van der Waals surface area contributed by atoms with Gasteiger partial charge in [-0.25, -0.2) is 0 Å². The van der Waals surface area contributed by atoms with Crippen molar-refractivity contribution in [1.82, 2.24) is 10.2 Å². The predicted molar refractivity (Wildman–Crippen MR) is 125 cm³/mol. The highest BCUT2D eigenvalue weighted by Crippen LogP contribution is 2.18. The van der Waals surface area contributed by atoms with Gasteiger partial charge in [0.15, 0.2) is 0 Å². The third-order valence-corrected chi connectivity index (χ3v) is 5.21. The fourth-order valence-corrected chi connectivity index (χ4v) is 3.42. The van der Waals surface area contributed by atoms with E-state index >= 15 is 0 Å². The van der Waals surface area contributed by atoms with Crippen LogP contribution in [0.15, 0.2) is 54.6 Å². The quantitative estimate of drug-likeness (QED) is 0.491. The Bertz CT molecular complexity index is 809. The molecule has 168 valence electrons. The SMILES string of the molecule is CCOCCCNC(=O)[C@@H](Cc1ccccc1)N(Cc1ccc(Cl)cc1)C(=O)C(C)C. The zero-order chi connectivity index (χ0) is 22.6. The van der Waals surface area contributed by atoms with Gasteiger partial charge in [0.05, 0.1) is 0 Å². The molecule has 0 aliphatic rings. The lowest BCUT2D eigenvalue weighted by atomic mass is 10.0. The van der Waals surface area contributed by atoms with Crippen LogP contribution in [-0.4, -0.2) is 42.5 Å². The zero-order valence-electron chi connectivity index (χ0n) is 18.6. The number of benzene rings is 2. The molecule has 5 nitrogen and oxygen atoms in total. The molecule has 2 aromatic carbocycles. The molecule has 0 radical (unpaired) electrons. The van der Waals surface area contributed by atoms with E-state index < -0.39 is 6.04 Å². The number of halogens is 1. The summed E-state index contributed by atoms with van der Waals surface area (Å²) in [5.41, 5.74) is 1.94. The summed E-state index contributed by atoms with van der Waals surface area (Å²) in [5, 5.41) is 3.63. The molecular formula is C25H33ClN2O3. The van der Waals surface area contributed by atoms with Crippen molar-refractivity contribution in [2.24, 2.45) is 5.92 Å². The second-order valence-corrected chi connectivity index (χ2v) is 8.23. The van der Waals surface area contributed by atoms with Crippen molar-refractivity contribution in [2.75, 3.05) is 19.8 Å². The van der Waals surface area contributed by atoms with Crippen molar-refractivity contribution >= 4 is 23.4 Å². The Hall–Kier alpha value is -2.37. The van der Waals surface area contributed by atoms with Gasteiger partial charge >= 0.3 is 0 Å². The Balaban J connectivity index is 2.26. The van der Waals surface area contributed by atoms with Crippen molar-refractivity contribution in [3.63, 3.8) is 0 Å². The second-order valence-electron chi connectivity index (χ2n) is 7.79. The number of hydrogen-bond donors (Lipinski definition) is 1. The minimum Gasteiger partial charge on any atom is -0.382 e. The molecule has 2 aromatic rings. The molecule has 0 unspecified atom stereocenters. The highest BCUT2D eigenvalue weighted by molar-refractivity contribution is 6.30. The molecule has 0 aromatic heterocycles. The van der Waals surface area contributed by atoms with Crippen LogP contribution in [0.3, 0.4) is 0 Å². The molecule has 31 heavy (non-hydrogen) atoms. The molecule has 1 atom stereocenters. The Kier molecular flexibility index (Phi) is 10.5. The van der Waals surface area contributed by atoms with Gasteiger partial charge in [-0.2, -0.15) is 0 Å². The van der Waals surface area contributed by atoms with Crippen molar-refractivity contribution in [2.45, 2.75) is 46.2 Å². The number of rotatable bonds is 12. The van der Waals surface area contributed by atoms with Gasteiger partial charge in [0.2, 0.25) is 11.8 Å². The third kappa shape index (κ3) is 8.35. The molecular weight excluding hydrogens is 412 g/mol. The average molecular weight is 445 g/mol. The van der Waals surface area contributed by atoms with Crippen LogP contribution < -0.4 is 5.32 Å². The summed E-state index contributed by atoms with van der Waals surface area (Å²) in [6, 6.07) is 16.6. The second kappa shape index (κ2) is 13.1. The molecule has 0 saturated heterocycles. The molecule has 0 fully saturated rings. The van der Waals surface area contributed by atoms with Crippen LogP contribution in [0.25, 0.3) is 0 Å². The van der Waals surface area contributed by atoms with Crippen molar-refractivity contribution < 1.29 is 14.3 Å². The van der Waals surface area contributed by atoms with Crippen LogP contribution in [0.1, 0.15) is 38.3 Å². The van der Waals surface area contributed by atoms with E-state index in [1.54, 1.807) is 17.0 Å². The molecule has 2 rings (SSSR count). The van der Waals surface area contributed by atoms with Crippen LogP contribution in [0.2, 0.25) is 5.02 Å². The summed E-state index contributed by atoms with van der Waals surface area (Å²) < 4.78 is 5.35. The number of carbonyl (C=O) groups is 2. The number of ether oxygens (including phenoxy) is 1. The van der Waals surface area contributed by atoms with Crippen LogP contribution in [0.4, 0.5) is 0 Å². The van der Waals surface area contributed by atoms with Gasteiger partial charge in [-0.15, -0.1) is 0 Å². The molecule has 0 bridgehead atoms. The maximum atomic E-state index is 13.2. The maximum absolute atomic E-state index is 13.2. The molecule has 0 heterocycles. The lowest BCUT2D eigenvalue weighted by molar-refractivity contribution is -0.143. The topological polar surface area (TPSA) is 58.6 Å². The number of hydrogen-bond acceptors (Lipinski definition) is 3. The largest absolute Gasteiger partial charge is 0.382 e. The fourth-order valence-electron chi connectivity index (χ4n) is 3.29. The first kappa shape index (κ1) is 24.9. The summed E-state index contributed by atoms with van der Waals surface area (Å²) in [4.78, 5) is 28.1. The summed E-state index contributed by atoms with van der Waals surface area (Å²) >= 11 is 6.02. The molecule has 6 heteroatoms. The van der Waals surface area contributed by atoms with Gasteiger partial charge in [0, 0.05) is 43.7 Å². The summed E-state index contributed by atoms with van der Waals surface area (Å²) in [5.74, 6) is -0.431. The van der Waals surface area contributed by atoms with E-state index in [-0.39, 0.29) is 17.7 Å². The Morgan fingerprint density at radius 2 is 1.71 bits per heavy atom. The Morgan fingerprint density at radius 3 is 2.32 bits per heavy atom. The Labute approximate surface area is 190 Å². The minimum absolute atomic E-state index is 0.0552. The highest BCUT2D eigenvalue weighted by Gasteiger charge is 2.31. The van der Waals surface area contributed by atoms with Crippen molar-refractivity contribution in [3.8, 4) is 0 Å². The molecule has 0 aliphatic carbocycles. The van der Waals surface area contributed by atoms with Gasteiger partial charge in [-0.1, -0.05) is 67.9 Å². The van der Waals surface area contributed by atoms with E-state index in [0.717, 1.165) is 17.5 Å². The lowest BCUT2D eigenvalue weighted by Gasteiger charge is -2.33. The van der Waals surface area contributed by atoms with E-state index in [0.29, 0.717) is 37.7 Å². The van der Waals surface area contributed by atoms with Crippen LogP contribution in [0, 0.1) is 5.92 Å². The zero-order valence-corrected chi connectivity index (χ0v) is 19.4. The molecule has 0 aliphatic heterocycles. The van der Waals surface area contributed by atoms with E-state index in [1.165, 1.54) is 0 Å².